The maximum absolute atomic E-state index is 5.82. The van der Waals surface area contributed by atoms with Gasteiger partial charge in [-0.15, -0.1) is 0 Å². The molecule has 0 spiro atoms. The average molecular weight is 248 g/mol. The third-order valence-corrected chi connectivity index (χ3v) is 2.14. The van der Waals surface area contributed by atoms with E-state index < -0.39 is 0 Å². The number of hydrogen-bond acceptors (Lipinski definition) is 2. The summed E-state index contributed by atoms with van der Waals surface area (Å²) in [5.41, 5.74) is 1.61. The maximum Gasteiger partial charge on any atom is 0.102 e. The molecule has 0 saturated carbocycles. The number of nitrogens with one attached hydrogen (secondary N) is 1. The minimum Gasteiger partial charge on any atom is -0.360 e. The van der Waals surface area contributed by atoms with Gasteiger partial charge in [-0.05, 0) is 29.1 Å². The lowest BCUT2D eigenvalue weighted by molar-refractivity contribution is 1.07. The van der Waals surface area contributed by atoms with Crippen LogP contribution >= 0.6 is 27.5 Å². The van der Waals surface area contributed by atoms with Crippen LogP contribution in [0.4, 0.5) is 0 Å². The van der Waals surface area contributed by atoms with E-state index in [1.165, 1.54) is 0 Å². The van der Waals surface area contributed by atoms with Crippen LogP contribution in [0.5, 0.6) is 0 Å². The Kier molecular flexibility index (Phi) is 3.12. The van der Waals surface area contributed by atoms with Gasteiger partial charge in [0.1, 0.15) is 5.70 Å². The van der Waals surface area contributed by atoms with Crippen LogP contribution in [0.2, 0.25) is 0 Å². The minimum atomic E-state index is 0.657. The third-order valence-electron chi connectivity index (χ3n) is 1.36. The fraction of sp³-hybridized carbons (Fsp3) is 0.125. The summed E-state index contributed by atoms with van der Waals surface area (Å²) in [7, 11) is 0. The Bertz CT molecular complexity index is 298. The summed E-state index contributed by atoms with van der Waals surface area (Å²) < 4.78 is 0.886. The van der Waals surface area contributed by atoms with Crippen LogP contribution in [0.3, 0.4) is 0 Å². The van der Waals surface area contributed by atoms with Gasteiger partial charge in [0, 0.05) is 11.2 Å². The summed E-state index contributed by atoms with van der Waals surface area (Å²) >= 11 is 9.16. The molecule has 1 rings (SSSR count). The quantitative estimate of drug-likeness (QED) is 0.797. The predicted molar refractivity (Wildman–Crippen MR) is 56.3 cm³/mol. The Hall–Kier alpha value is -0.540. The van der Waals surface area contributed by atoms with Crippen LogP contribution in [0.15, 0.2) is 38.7 Å². The van der Waals surface area contributed by atoms with Crippen LogP contribution in [0, 0.1) is 0 Å². The molecule has 0 radical (unpaired) electrons. The van der Waals surface area contributed by atoms with Gasteiger partial charge in [0.15, 0.2) is 0 Å². The highest BCUT2D eigenvalue weighted by Crippen LogP contribution is 2.27. The summed E-state index contributed by atoms with van der Waals surface area (Å²) in [6.07, 6.45) is 3.29. The van der Waals surface area contributed by atoms with Gasteiger partial charge in [0.05, 0.1) is 10.2 Å². The normalized spacial score (nSPS) is 19.9. The number of rotatable bonds is 2. The zero-order valence-electron chi connectivity index (χ0n) is 6.56. The highest BCUT2D eigenvalue weighted by Gasteiger charge is 2.14. The molecule has 0 aliphatic carbocycles. The Labute approximate surface area is 84.8 Å². The topological polar surface area (TPSA) is 24.4 Å². The van der Waals surface area contributed by atoms with Gasteiger partial charge in [-0.2, -0.15) is 0 Å². The Balaban J connectivity index is 3.04. The average Bonchev–Trinajstić information content (AvgIpc) is 2.34. The van der Waals surface area contributed by atoms with E-state index in [1.807, 2.05) is 0 Å². The first kappa shape index (κ1) is 9.55. The summed E-state index contributed by atoms with van der Waals surface area (Å²) in [5.74, 6) is 0. The second-order valence-corrected chi connectivity index (χ2v) is 3.63. The van der Waals surface area contributed by atoms with Crippen LogP contribution in [0.1, 0.15) is 6.92 Å². The zero-order chi connectivity index (χ0) is 9.14. The first-order valence-electron chi connectivity index (χ1n) is 3.35. The van der Waals surface area contributed by atoms with E-state index in [2.05, 4.69) is 32.8 Å². The fourth-order valence-electron chi connectivity index (χ4n) is 0.864. The lowest BCUT2D eigenvalue weighted by atomic mass is 10.3. The highest BCUT2D eigenvalue weighted by molar-refractivity contribution is 9.12. The van der Waals surface area contributed by atoms with Crippen LogP contribution < -0.4 is 5.32 Å². The third kappa shape index (κ3) is 1.79. The number of nitrogens with zero attached hydrogens (tertiary/aromatic N) is 1. The molecular formula is C8H8BrClN2. The van der Waals surface area contributed by atoms with Crippen molar-refractivity contribution in [3.05, 3.63) is 33.7 Å². The molecule has 0 bridgehead atoms. The molecule has 64 valence electrons. The fourth-order valence-corrected chi connectivity index (χ4v) is 1.41. The smallest absolute Gasteiger partial charge is 0.102 e. The van der Waals surface area contributed by atoms with Crippen molar-refractivity contribution in [1.29, 1.82) is 0 Å². The van der Waals surface area contributed by atoms with Gasteiger partial charge < -0.3 is 5.32 Å². The van der Waals surface area contributed by atoms with Gasteiger partial charge in [-0.25, -0.2) is 0 Å². The van der Waals surface area contributed by atoms with Crippen molar-refractivity contribution < 1.29 is 0 Å². The molecular weight excluding hydrogens is 239 g/mol. The predicted octanol–water partition coefficient (Wildman–Crippen LogP) is 2.88. The van der Waals surface area contributed by atoms with Gasteiger partial charge in [0.25, 0.3) is 0 Å². The van der Waals surface area contributed by atoms with Crippen LogP contribution in [-0.4, -0.2) is 6.21 Å². The van der Waals surface area contributed by atoms with Gasteiger partial charge >= 0.3 is 0 Å². The molecule has 12 heavy (non-hydrogen) atoms. The molecule has 0 aromatic rings. The summed E-state index contributed by atoms with van der Waals surface area (Å²) in [6.45, 7) is 5.36. The van der Waals surface area contributed by atoms with E-state index in [0.29, 0.717) is 5.03 Å². The van der Waals surface area contributed by atoms with Crippen molar-refractivity contribution in [3.8, 4) is 0 Å². The molecule has 1 aliphatic heterocycles. The lowest BCUT2D eigenvalue weighted by Crippen LogP contribution is -2.05. The Morgan fingerprint density at radius 1 is 1.83 bits per heavy atom. The van der Waals surface area contributed by atoms with Crippen molar-refractivity contribution in [3.63, 3.8) is 0 Å². The van der Waals surface area contributed by atoms with Crippen molar-refractivity contribution >= 4 is 33.7 Å². The molecule has 0 fully saturated rings. The van der Waals surface area contributed by atoms with Crippen molar-refractivity contribution in [2.75, 3.05) is 0 Å². The largest absolute Gasteiger partial charge is 0.360 e. The zero-order valence-corrected chi connectivity index (χ0v) is 8.91. The van der Waals surface area contributed by atoms with E-state index in [-0.39, 0.29) is 0 Å². The van der Waals surface area contributed by atoms with E-state index in [0.717, 1.165) is 15.9 Å². The number of halogens is 2. The van der Waals surface area contributed by atoms with E-state index in [9.17, 15) is 0 Å². The van der Waals surface area contributed by atoms with Crippen LogP contribution in [0.25, 0.3) is 0 Å². The molecule has 0 atom stereocenters. The van der Waals surface area contributed by atoms with Crippen molar-refractivity contribution in [2.24, 2.45) is 4.99 Å². The molecule has 4 heteroatoms. The molecule has 0 saturated heterocycles. The van der Waals surface area contributed by atoms with E-state index in [4.69, 9.17) is 11.6 Å². The molecule has 0 aromatic heterocycles. The van der Waals surface area contributed by atoms with Crippen molar-refractivity contribution in [2.45, 2.75) is 6.92 Å². The Morgan fingerprint density at radius 3 is 3.00 bits per heavy atom. The van der Waals surface area contributed by atoms with Gasteiger partial charge in [-0.1, -0.05) is 18.2 Å². The lowest BCUT2D eigenvalue weighted by Gasteiger charge is -2.04. The molecule has 0 aromatic carbocycles. The van der Waals surface area contributed by atoms with Gasteiger partial charge in [-0.3, -0.25) is 4.99 Å². The summed E-state index contributed by atoms with van der Waals surface area (Å²) in [6, 6.07) is 0. The minimum absolute atomic E-state index is 0.657. The number of allylic oxidation sites excluding steroid dienone is 2. The maximum atomic E-state index is 5.82. The summed E-state index contributed by atoms with van der Waals surface area (Å²) in [5, 5.41) is 3.61. The molecule has 1 heterocycles. The SMILES string of the molecule is C=CNC1=C(Br)C=N/C1=C(/C)Cl. The number of aliphatic imine (C=N–C) groups is 1. The van der Waals surface area contributed by atoms with E-state index in [1.54, 1.807) is 19.3 Å². The first-order valence-corrected chi connectivity index (χ1v) is 4.52. The molecule has 0 unspecified atom stereocenters. The van der Waals surface area contributed by atoms with Crippen molar-refractivity contribution in [1.82, 2.24) is 5.32 Å². The summed E-state index contributed by atoms with van der Waals surface area (Å²) in [4.78, 5) is 4.11. The number of hydrogen-bond donors (Lipinski definition) is 1. The van der Waals surface area contributed by atoms with Crippen LogP contribution in [-0.2, 0) is 0 Å². The monoisotopic (exact) mass is 246 g/mol. The molecule has 1 N–H and O–H groups in total. The highest BCUT2D eigenvalue weighted by atomic mass is 79.9. The molecule has 1 aliphatic rings. The van der Waals surface area contributed by atoms with E-state index >= 15 is 0 Å². The second kappa shape index (κ2) is 3.92. The molecule has 2 nitrogen and oxygen atoms in total. The van der Waals surface area contributed by atoms with Gasteiger partial charge in [0.2, 0.25) is 0 Å². The standard InChI is InChI=1S/C8H8BrClN2/c1-3-11-8-6(9)4-12-7(8)5(2)10/h3-4,11H,1H2,2H3/b7-5-. The first-order chi connectivity index (χ1) is 5.66. The second-order valence-electron chi connectivity index (χ2n) is 2.21. The molecule has 0 amide bonds. The Morgan fingerprint density at radius 2 is 2.50 bits per heavy atom.